The van der Waals surface area contributed by atoms with Gasteiger partial charge in [0, 0.05) is 67.0 Å². The molecule has 4 aliphatic rings. The van der Waals surface area contributed by atoms with Gasteiger partial charge >= 0.3 is 0 Å². The topological polar surface area (TPSA) is 16.3 Å². The fourth-order valence-electron chi connectivity index (χ4n) is 25.0. The van der Waals surface area contributed by atoms with E-state index in [2.05, 4.69) is 553 Å². The van der Waals surface area contributed by atoms with E-state index in [9.17, 15) is 0 Å². The Kier molecular flexibility index (Phi) is 18.2. The molecule has 0 amide bonds. The fourth-order valence-corrected chi connectivity index (χ4v) is 25.0. The third kappa shape index (κ3) is 12.3. The van der Waals surface area contributed by atoms with Crippen molar-refractivity contribution in [1.29, 1.82) is 0 Å². The van der Waals surface area contributed by atoms with Crippen LogP contribution in [0.4, 0.5) is 34.1 Å². The number of hydrogen-bond donors (Lipinski definition) is 0. The largest absolute Gasteiger partial charge is 0.310 e. The summed E-state index contributed by atoms with van der Waals surface area (Å²) in [5.41, 5.74) is 43.6. The predicted molar refractivity (Wildman–Crippen MR) is 595 cm³/mol. The van der Waals surface area contributed by atoms with Gasteiger partial charge in [0.1, 0.15) is 0 Å². The van der Waals surface area contributed by atoms with Gasteiger partial charge in [0.05, 0.1) is 32.9 Å². The van der Waals surface area contributed by atoms with Crippen LogP contribution in [0.5, 0.6) is 0 Å². The van der Waals surface area contributed by atoms with Crippen molar-refractivity contribution in [2.45, 2.75) is 10.8 Å². The lowest BCUT2D eigenvalue weighted by Crippen LogP contribution is -2.26. The molecule has 2 aromatic heterocycles. The summed E-state index contributed by atoms with van der Waals surface area (Å²) in [6.45, 7) is 0. The molecule has 142 heavy (non-hydrogen) atoms. The lowest BCUT2D eigenvalue weighted by Gasteiger charge is -2.32. The van der Waals surface area contributed by atoms with Crippen LogP contribution in [-0.4, -0.2) is 9.13 Å². The Bertz CT molecular complexity index is 9290. The zero-order chi connectivity index (χ0) is 93.2. The Hall–Kier alpha value is -18.5. The molecule has 0 saturated carbocycles. The summed E-state index contributed by atoms with van der Waals surface area (Å²) < 4.78 is 4.90. The lowest BCUT2D eigenvalue weighted by molar-refractivity contribution is 0.793. The fraction of sp³-hybridized carbons (Fsp3) is 0.0145. The van der Waals surface area contributed by atoms with E-state index in [1.54, 1.807) is 0 Å². The standard InChI is InChI=1S/2C69H44N2/c1-2-20-49(21-3-1)70(52-38-39-60-59-26-10-13-31-65(59)69(66(60)44-52)63-29-11-8-24-57(63)58-25-9-12-30-64(58)69)50-34-36-51(37-35-50)71-67-40-32-47(55-27-14-18-45-16-4-6-22-53(45)55)42-61(67)62-43-48(33-41-68(62)71)56-28-15-19-46-17-5-7-23-54(46)56;1-2-18-53(19-3-1)70(56-36-37-60-59-22-10-13-25-65(59)69(66(60)44-56)63-23-11-8-20-57(63)58-21-9-12-24-64(58)69)54-32-34-55(35-33-54)71-67-38-30-51(49-28-26-45-14-4-6-16-47(45)40-49)42-61(67)62-43-52(31-39-68(62)71)50-29-27-46-15-5-7-17-48(46)41-50/h2*1-44H. The van der Waals surface area contributed by atoms with Gasteiger partial charge in [0.2, 0.25) is 0 Å². The van der Waals surface area contributed by atoms with Gasteiger partial charge in [0.15, 0.2) is 0 Å². The van der Waals surface area contributed by atoms with Crippen LogP contribution in [-0.2, 0) is 10.8 Å². The molecule has 660 valence electrons. The number of benzene rings is 24. The third-order valence-electron chi connectivity index (χ3n) is 31.1. The minimum atomic E-state index is -0.432. The summed E-state index contributed by atoms with van der Waals surface area (Å²) in [5, 5.41) is 14.9. The highest BCUT2D eigenvalue weighted by molar-refractivity contribution is 6.15. The van der Waals surface area contributed by atoms with Crippen LogP contribution in [0, 0.1) is 0 Å². The SMILES string of the molecule is c1ccc(N(c2ccc(-n3c4ccc(-c5ccc6ccccc6c5)cc4c4cc(-c5ccc6ccccc6c5)ccc43)cc2)c2ccc3c(c2)C2(c4ccccc4-c4ccccc42)c2ccccc2-3)cc1.c1ccc(N(c2ccc(-n3c4ccc(-c5cccc6ccccc56)cc4c4cc(-c5cccc6ccccc56)ccc43)cc2)c2ccc3c(c2)C2(c4ccccc4-c4ccccc42)c2ccccc2-3)cc1. The molecule has 0 aliphatic heterocycles. The first-order valence-corrected chi connectivity index (χ1v) is 49.3. The van der Waals surface area contributed by atoms with Gasteiger partial charge in [-0.2, -0.15) is 0 Å². The number of anilines is 6. The zero-order valence-electron chi connectivity index (χ0n) is 77.6. The summed E-state index contributed by atoms with van der Waals surface area (Å²) >= 11 is 0. The van der Waals surface area contributed by atoms with Crippen LogP contribution < -0.4 is 9.80 Å². The Balaban J connectivity index is 0.000000136. The van der Waals surface area contributed by atoms with Crippen LogP contribution in [0.15, 0.2) is 534 Å². The molecule has 0 N–H and O–H groups in total. The first-order chi connectivity index (χ1) is 70.4. The van der Waals surface area contributed by atoms with Gasteiger partial charge in [0.25, 0.3) is 0 Å². The number of nitrogens with zero attached hydrogens (tertiary/aromatic N) is 4. The van der Waals surface area contributed by atoms with E-state index in [0.29, 0.717) is 0 Å². The van der Waals surface area contributed by atoms with Crippen LogP contribution >= 0.6 is 0 Å². The van der Waals surface area contributed by atoms with E-state index in [-0.39, 0.29) is 0 Å². The molecule has 4 aliphatic carbocycles. The summed E-state index contributed by atoms with van der Waals surface area (Å²) in [5.74, 6) is 0. The number of hydrogen-bond acceptors (Lipinski definition) is 2. The maximum atomic E-state index is 2.48. The average Bonchev–Trinajstić information content (AvgIpc) is 1.51. The quantitative estimate of drug-likeness (QED) is 0.121. The maximum Gasteiger partial charge on any atom is 0.0726 e. The molecule has 4 heteroatoms. The highest BCUT2D eigenvalue weighted by Crippen LogP contribution is 2.66. The number of fused-ring (bicyclic) bond motifs is 30. The molecule has 0 atom stereocenters. The zero-order valence-corrected chi connectivity index (χ0v) is 77.6. The molecule has 0 radical (unpaired) electrons. The van der Waals surface area contributed by atoms with Crippen LogP contribution in [0.1, 0.15) is 44.5 Å². The van der Waals surface area contributed by atoms with Crippen molar-refractivity contribution in [3.63, 3.8) is 0 Å². The normalized spacial score (nSPS) is 12.9. The van der Waals surface area contributed by atoms with Gasteiger partial charge in [-0.05, 0) is 334 Å². The first-order valence-electron chi connectivity index (χ1n) is 49.3. The molecule has 24 aromatic carbocycles. The highest BCUT2D eigenvalue weighted by atomic mass is 15.2. The number of aromatic nitrogens is 2. The maximum absolute atomic E-state index is 2.48. The van der Waals surface area contributed by atoms with Crippen molar-refractivity contribution in [2.24, 2.45) is 0 Å². The smallest absolute Gasteiger partial charge is 0.0726 e. The monoisotopic (exact) mass is 1800 g/mol. The summed E-state index contributed by atoms with van der Waals surface area (Å²) in [6, 6.07) is 198. The Morgan fingerprint density at radius 1 is 0.134 bits per heavy atom. The van der Waals surface area contributed by atoms with Crippen molar-refractivity contribution in [3.8, 4) is 100 Å². The number of rotatable bonds is 12. The average molecular weight is 1800 g/mol. The van der Waals surface area contributed by atoms with Crippen molar-refractivity contribution in [2.75, 3.05) is 9.80 Å². The molecule has 2 spiro atoms. The third-order valence-corrected chi connectivity index (χ3v) is 31.1. The molecule has 0 bridgehead atoms. The van der Waals surface area contributed by atoms with Crippen molar-refractivity contribution < 1.29 is 0 Å². The lowest BCUT2D eigenvalue weighted by atomic mass is 9.70. The summed E-state index contributed by atoms with van der Waals surface area (Å²) in [6.07, 6.45) is 0. The molecule has 2 heterocycles. The van der Waals surface area contributed by atoms with E-state index < -0.39 is 10.8 Å². The van der Waals surface area contributed by atoms with Gasteiger partial charge in [-0.1, -0.05) is 376 Å². The molecule has 4 nitrogen and oxygen atoms in total. The first kappa shape index (κ1) is 80.8. The van der Waals surface area contributed by atoms with E-state index >= 15 is 0 Å². The summed E-state index contributed by atoms with van der Waals surface area (Å²) in [7, 11) is 0. The second-order valence-electron chi connectivity index (χ2n) is 38.4. The molecule has 30 rings (SSSR count). The molecular weight excluding hydrogens is 1710 g/mol. The van der Waals surface area contributed by atoms with Crippen LogP contribution in [0.3, 0.4) is 0 Å². The van der Waals surface area contributed by atoms with Crippen molar-refractivity contribution in [3.05, 3.63) is 578 Å². The number of para-hydroxylation sites is 2. The van der Waals surface area contributed by atoms with Crippen molar-refractivity contribution >= 4 is 121 Å². The highest BCUT2D eigenvalue weighted by Gasteiger charge is 2.54. The molecular formula is C138H88N4. The van der Waals surface area contributed by atoms with Gasteiger partial charge < -0.3 is 18.9 Å². The molecule has 0 fully saturated rings. The predicted octanol–water partition coefficient (Wildman–Crippen LogP) is 36.5. The van der Waals surface area contributed by atoms with Crippen molar-refractivity contribution in [1.82, 2.24) is 9.13 Å². The Morgan fingerprint density at radius 3 is 0.732 bits per heavy atom. The Labute approximate surface area is 823 Å². The van der Waals surface area contributed by atoms with E-state index in [4.69, 9.17) is 0 Å². The second-order valence-corrected chi connectivity index (χ2v) is 38.4. The Morgan fingerprint density at radius 2 is 0.380 bits per heavy atom. The van der Waals surface area contributed by atoms with E-state index in [1.807, 2.05) is 0 Å². The molecule has 0 unspecified atom stereocenters. The minimum Gasteiger partial charge on any atom is -0.310 e. The van der Waals surface area contributed by atoms with Gasteiger partial charge in [-0.25, -0.2) is 0 Å². The molecule has 26 aromatic rings. The van der Waals surface area contributed by atoms with E-state index in [0.717, 1.165) is 45.5 Å². The van der Waals surface area contributed by atoms with Gasteiger partial charge in [-0.15, -0.1) is 0 Å². The summed E-state index contributed by atoms with van der Waals surface area (Å²) in [4.78, 5) is 4.84. The van der Waals surface area contributed by atoms with Gasteiger partial charge in [-0.3, -0.25) is 0 Å². The van der Waals surface area contributed by atoms with Crippen LogP contribution in [0.2, 0.25) is 0 Å². The second kappa shape index (κ2) is 32.1. The molecule has 0 saturated heterocycles. The van der Waals surface area contributed by atoms with E-state index in [1.165, 1.54) is 220 Å². The van der Waals surface area contributed by atoms with Crippen LogP contribution in [0.25, 0.3) is 187 Å². The minimum absolute atomic E-state index is 0.430.